The van der Waals surface area contributed by atoms with E-state index in [1.54, 1.807) is 13.3 Å². The fraction of sp³-hybridized carbons (Fsp3) is 0.100. The molecular weight excluding hydrogens is 178 g/mol. The van der Waals surface area contributed by atoms with Crippen molar-refractivity contribution in [1.29, 1.82) is 0 Å². The number of aromatic nitrogens is 3. The highest BCUT2D eigenvalue weighted by atomic mass is 16.5. The lowest BCUT2D eigenvalue weighted by molar-refractivity contribution is 0.415. The van der Waals surface area contributed by atoms with Crippen LogP contribution in [0.3, 0.4) is 0 Å². The predicted molar refractivity (Wildman–Crippen MR) is 51.8 cm³/mol. The zero-order chi connectivity index (χ0) is 9.80. The van der Waals surface area contributed by atoms with Crippen molar-refractivity contribution in [3.05, 3.63) is 36.5 Å². The van der Waals surface area contributed by atoms with Crippen molar-refractivity contribution in [1.82, 2.24) is 15.4 Å². The van der Waals surface area contributed by atoms with E-state index in [-0.39, 0.29) is 0 Å². The van der Waals surface area contributed by atoms with Gasteiger partial charge in [0, 0.05) is 5.56 Å². The van der Waals surface area contributed by atoms with Gasteiger partial charge in [0.05, 0.1) is 19.0 Å². The molecule has 0 fully saturated rings. The smallest absolute Gasteiger partial charge is 0.118 e. The van der Waals surface area contributed by atoms with Crippen LogP contribution < -0.4 is 4.74 Å². The second-order valence-corrected chi connectivity index (χ2v) is 2.73. The summed E-state index contributed by atoms with van der Waals surface area (Å²) in [4.78, 5) is 0. The van der Waals surface area contributed by atoms with Gasteiger partial charge in [-0.2, -0.15) is 0 Å². The van der Waals surface area contributed by atoms with Gasteiger partial charge in [0.25, 0.3) is 0 Å². The third kappa shape index (κ3) is 1.69. The van der Waals surface area contributed by atoms with Crippen molar-refractivity contribution in [2.45, 2.75) is 0 Å². The lowest BCUT2D eigenvalue weighted by atomic mass is 10.1. The molecule has 1 heterocycles. The summed E-state index contributed by atoms with van der Waals surface area (Å²) in [5.41, 5.74) is 1.81. The van der Waals surface area contributed by atoms with E-state index in [0.29, 0.717) is 0 Å². The first-order chi connectivity index (χ1) is 6.90. The monoisotopic (exact) mass is 187 g/mol. The number of rotatable bonds is 2. The van der Waals surface area contributed by atoms with Crippen LogP contribution in [-0.2, 0) is 0 Å². The van der Waals surface area contributed by atoms with Crippen LogP contribution in [0.4, 0.5) is 0 Å². The van der Waals surface area contributed by atoms with Gasteiger partial charge in [0.15, 0.2) is 0 Å². The molecule has 70 valence electrons. The topological polar surface area (TPSA) is 47.9 Å². The second kappa shape index (κ2) is 3.83. The van der Waals surface area contributed by atoms with Gasteiger partial charge in [0.2, 0.25) is 0 Å². The van der Waals surface area contributed by atoms with Crippen molar-refractivity contribution in [2.75, 3.05) is 7.11 Å². The number of methoxy groups -OCH3 is 1. The molecule has 0 saturated heterocycles. The SMILES string of the molecule is COc1ccc(-c2ccnnn2)cc1. The molecule has 0 atom stereocenters. The van der Waals surface area contributed by atoms with E-state index in [1.807, 2.05) is 30.3 Å². The zero-order valence-corrected chi connectivity index (χ0v) is 7.71. The van der Waals surface area contributed by atoms with E-state index in [4.69, 9.17) is 4.74 Å². The molecule has 0 N–H and O–H groups in total. The van der Waals surface area contributed by atoms with Gasteiger partial charge in [-0.05, 0) is 35.5 Å². The van der Waals surface area contributed by atoms with E-state index in [0.717, 1.165) is 17.0 Å². The molecule has 4 heteroatoms. The number of ether oxygens (including phenoxy) is 1. The maximum Gasteiger partial charge on any atom is 0.118 e. The average molecular weight is 187 g/mol. The minimum Gasteiger partial charge on any atom is -0.497 e. The van der Waals surface area contributed by atoms with Crippen LogP contribution in [0, 0.1) is 0 Å². The zero-order valence-electron chi connectivity index (χ0n) is 7.71. The molecule has 4 nitrogen and oxygen atoms in total. The highest BCUT2D eigenvalue weighted by Gasteiger charge is 1.98. The lowest BCUT2D eigenvalue weighted by Gasteiger charge is -2.01. The summed E-state index contributed by atoms with van der Waals surface area (Å²) in [6.45, 7) is 0. The maximum atomic E-state index is 5.06. The summed E-state index contributed by atoms with van der Waals surface area (Å²) in [6, 6.07) is 9.45. The molecule has 0 saturated carbocycles. The molecule has 1 aromatic heterocycles. The Morgan fingerprint density at radius 3 is 2.43 bits per heavy atom. The molecule has 0 amide bonds. The molecule has 14 heavy (non-hydrogen) atoms. The average Bonchev–Trinajstić information content (AvgIpc) is 2.30. The summed E-state index contributed by atoms with van der Waals surface area (Å²) in [5.74, 6) is 0.829. The van der Waals surface area contributed by atoms with Crippen molar-refractivity contribution >= 4 is 0 Å². The van der Waals surface area contributed by atoms with E-state index in [9.17, 15) is 0 Å². The Labute approximate surface area is 81.6 Å². The highest BCUT2D eigenvalue weighted by molar-refractivity contribution is 5.58. The van der Waals surface area contributed by atoms with Crippen LogP contribution in [0.1, 0.15) is 0 Å². The molecule has 0 aliphatic carbocycles. The molecular formula is C10H9N3O. The molecule has 0 spiro atoms. The lowest BCUT2D eigenvalue weighted by Crippen LogP contribution is -1.89. The third-order valence-corrected chi connectivity index (χ3v) is 1.89. The first-order valence-corrected chi connectivity index (χ1v) is 4.19. The fourth-order valence-corrected chi connectivity index (χ4v) is 1.16. The normalized spacial score (nSPS) is 9.79. The molecule has 0 aliphatic rings. The van der Waals surface area contributed by atoms with Crippen LogP contribution >= 0.6 is 0 Å². The number of nitrogens with zero attached hydrogens (tertiary/aromatic N) is 3. The standard InChI is InChI=1S/C10H9N3O/c1-14-9-4-2-8(3-5-9)10-6-7-11-13-12-10/h2-7H,1H3. The van der Waals surface area contributed by atoms with Gasteiger partial charge < -0.3 is 4.74 Å². The van der Waals surface area contributed by atoms with Crippen LogP contribution in [-0.4, -0.2) is 22.5 Å². The van der Waals surface area contributed by atoms with Gasteiger partial charge in [-0.25, -0.2) is 0 Å². The minimum atomic E-state index is 0.808. The third-order valence-electron chi connectivity index (χ3n) is 1.89. The summed E-state index contributed by atoms with van der Waals surface area (Å²) in [6.07, 6.45) is 1.62. The predicted octanol–water partition coefficient (Wildman–Crippen LogP) is 1.55. The van der Waals surface area contributed by atoms with E-state index >= 15 is 0 Å². The summed E-state index contributed by atoms with van der Waals surface area (Å²) in [7, 11) is 1.64. The minimum absolute atomic E-state index is 0.808. The summed E-state index contributed by atoms with van der Waals surface area (Å²) in [5, 5.41) is 11.1. The van der Waals surface area contributed by atoms with Crippen molar-refractivity contribution in [2.24, 2.45) is 0 Å². The number of hydrogen-bond donors (Lipinski definition) is 0. The fourth-order valence-electron chi connectivity index (χ4n) is 1.16. The second-order valence-electron chi connectivity index (χ2n) is 2.73. The van der Waals surface area contributed by atoms with Crippen LogP contribution in [0.5, 0.6) is 5.75 Å². The Balaban J connectivity index is 2.34. The van der Waals surface area contributed by atoms with Gasteiger partial charge in [-0.3, -0.25) is 0 Å². The maximum absolute atomic E-state index is 5.06. The molecule has 2 rings (SSSR count). The first kappa shape index (κ1) is 8.62. The van der Waals surface area contributed by atoms with Gasteiger partial charge >= 0.3 is 0 Å². The summed E-state index contributed by atoms with van der Waals surface area (Å²) < 4.78 is 5.06. The van der Waals surface area contributed by atoms with Crippen molar-refractivity contribution in [3.63, 3.8) is 0 Å². The Morgan fingerprint density at radius 1 is 1.07 bits per heavy atom. The van der Waals surface area contributed by atoms with Crippen LogP contribution in [0.15, 0.2) is 36.5 Å². The number of benzene rings is 1. The van der Waals surface area contributed by atoms with E-state index < -0.39 is 0 Å². The molecule has 0 radical (unpaired) electrons. The molecule has 2 aromatic rings. The quantitative estimate of drug-likeness (QED) is 0.715. The van der Waals surface area contributed by atoms with Crippen LogP contribution in [0.2, 0.25) is 0 Å². The van der Waals surface area contributed by atoms with Crippen molar-refractivity contribution < 1.29 is 4.74 Å². The van der Waals surface area contributed by atoms with Gasteiger partial charge in [-0.15, -0.1) is 10.2 Å². The molecule has 0 bridgehead atoms. The Bertz CT molecular complexity index is 399. The van der Waals surface area contributed by atoms with E-state index in [2.05, 4.69) is 15.4 Å². The Morgan fingerprint density at radius 2 is 1.86 bits per heavy atom. The summed E-state index contributed by atoms with van der Waals surface area (Å²) >= 11 is 0. The first-order valence-electron chi connectivity index (χ1n) is 4.19. The largest absolute Gasteiger partial charge is 0.497 e. The molecule has 0 aliphatic heterocycles. The van der Waals surface area contributed by atoms with E-state index in [1.165, 1.54) is 0 Å². The molecule has 1 aromatic carbocycles. The van der Waals surface area contributed by atoms with Crippen LogP contribution in [0.25, 0.3) is 11.3 Å². The Hall–Kier alpha value is -1.97. The highest BCUT2D eigenvalue weighted by Crippen LogP contribution is 2.18. The van der Waals surface area contributed by atoms with Gasteiger partial charge in [0.1, 0.15) is 5.75 Å². The number of hydrogen-bond acceptors (Lipinski definition) is 4. The van der Waals surface area contributed by atoms with Crippen molar-refractivity contribution in [3.8, 4) is 17.0 Å². The molecule has 0 unspecified atom stereocenters. The van der Waals surface area contributed by atoms with Gasteiger partial charge in [-0.1, -0.05) is 0 Å². The Kier molecular flexibility index (Phi) is 2.36.